The zero-order chi connectivity index (χ0) is 17.5. The number of halogens is 1. The molecule has 0 heterocycles. The number of nitrogens with one attached hydrogen (secondary N) is 2. The number of nitrogens with zero attached hydrogens (tertiary/aromatic N) is 1. The van der Waals surface area contributed by atoms with Gasteiger partial charge in [0.1, 0.15) is 5.82 Å². The second-order valence-electron chi connectivity index (χ2n) is 5.39. The third kappa shape index (κ3) is 5.31. The summed E-state index contributed by atoms with van der Waals surface area (Å²) in [5, 5.41) is 6.48. The van der Waals surface area contributed by atoms with Crippen molar-refractivity contribution in [2.45, 2.75) is 20.3 Å². The van der Waals surface area contributed by atoms with E-state index in [1.54, 1.807) is 31.2 Å². The van der Waals surface area contributed by atoms with Gasteiger partial charge in [-0.2, -0.15) is 5.10 Å². The van der Waals surface area contributed by atoms with Gasteiger partial charge in [0.25, 0.3) is 5.91 Å². The third-order valence-electron chi connectivity index (χ3n) is 3.15. The molecule has 2 rings (SSSR count). The van der Waals surface area contributed by atoms with Crippen LogP contribution in [0.2, 0.25) is 0 Å². The van der Waals surface area contributed by atoms with E-state index in [1.165, 1.54) is 18.2 Å². The van der Waals surface area contributed by atoms with Crippen LogP contribution in [0.3, 0.4) is 0 Å². The third-order valence-corrected chi connectivity index (χ3v) is 3.15. The summed E-state index contributed by atoms with van der Waals surface area (Å²) in [7, 11) is 0. The molecule has 0 fully saturated rings. The molecule has 0 bridgehead atoms. The zero-order valence-corrected chi connectivity index (χ0v) is 13.5. The first kappa shape index (κ1) is 17.3. The van der Waals surface area contributed by atoms with E-state index in [0.29, 0.717) is 17.0 Å². The summed E-state index contributed by atoms with van der Waals surface area (Å²) >= 11 is 0. The van der Waals surface area contributed by atoms with Crippen LogP contribution in [-0.4, -0.2) is 17.5 Å². The van der Waals surface area contributed by atoms with Gasteiger partial charge in [0.2, 0.25) is 5.91 Å². The van der Waals surface area contributed by atoms with E-state index >= 15 is 0 Å². The number of benzene rings is 2. The van der Waals surface area contributed by atoms with Gasteiger partial charge in [0, 0.05) is 17.0 Å². The number of carbonyl (C=O) groups is 2. The number of anilines is 1. The highest BCUT2D eigenvalue weighted by Crippen LogP contribution is 2.09. The van der Waals surface area contributed by atoms with Crippen molar-refractivity contribution >= 4 is 23.2 Å². The summed E-state index contributed by atoms with van der Waals surface area (Å²) in [6, 6.07) is 12.7. The number of hydrazone groups is 1. The SMILES string of the molecule is C/C(CC(=O)Nc1cccc(F)c1)=N\NC(=O)c1cccc(C)c1. The van der Waals surface area contributed by atoms with E-state index in [-0.39, 0.29) is 18.2 Å². The van der Waals surface area contributed by atoms with Crippen molar-refractivity contribution in [2.24, 2.45) is 5.10 Å². The highest BCUT2D eigenvalue weighted by molar-refractivity contribution is 6.06. The van der Waals surface area contributed by atoms with Crippen molar-refractivity contribution in [3.63, 3.8) is 0 Å². The van der Waals surface area contributed by atoms with Gasteiger partial charge in [-0.15, -0.1) is 0 Å². The second-order valence-corrected chi connectivity index (χ2v) is 5.39. The maximum atomic E-state index is 13.1. The van der Waals surface area contributed by atoms with Gasteiger partial charge in [-0.1, -0.05) is 23.8 Å². The van der Waals surface area contributed by atoms with E-state index in [9.17, 15) is 14.0 Å². The topological polar surface area (TPSA) is 70.6 Å². The number of hydrogen-bond donors (Lipinski definition) is 2. The van der Waals surface area contributed by atoms with Gasteiger partial charge < -0.3 is 5.32 Å². The first-order valence-corrected chi connectivity index (χ1v) is 7.39. The lowest BCUT2D eigenvalue weighted by molar-refractivity contribution is -0.115. The monoisotopic (exact) mass is 327 g/mol. The van der Waals surface area contributed by atoms with Crippen molar-refractivity contribution in [1.29, 1.82) is 0 Å². The summed E-state index contributed by atoms with van der Waals surface area (Å²) in [6.45, 7) is 3.52. The van der Waals surface area contributed by atoms with Gasteiger partial charge >= 0.3 is 0 Å². The van der Waals surface area contributed by atoms with Crippen LogP contribution < -0.4 is 10.7 Å². The molecule has 0 aromatic heterocycles. The number of rotatable bonds is 5. The average molecular weight is 327 g/mol. The Morgan fingerprint density at radius 1 is 1.12 bits per heavy atom. The van der Waals surface area contributed by atoms with Crippen molar-refractivity contribution in [1.82, 2.24) is 5.43 Å². The molecule has 0 saturated carbocycles. The van der Waals surface area contributed by atoms with Crippen LogP contribution in [0.4, 0.5) is 10.1 Å². The molecule has 0 atom stereocenters. The lowest BCUT2D eigenvalue weighted by Crippen LogP contribution is -2.21. The largest absolute Gasteiger partial charge is 0.326 e. The molecule has 2 aromatic rings. The van der Waals surface area contributed by atoms with Crippen LogP contribution in [0.1, 0.15) is 29.3 Å². The molecule has 0 unspecified atom stereocenters. The molecule has 0 aliphatic rings. The van der Waals surface area contributed by atoms with Crippen LogP contribution in [0.5, 0.6) is 0 Å². The lowest BCUT2D eigenvalue weighted by Gasteiger charge is -2.06. The maximum Gasteiger partial charge on any atom is 0.271 e. The molecule has 0 spiro atoms. The van der Waals surface area contributed by atoms with Crippen molar-refractivity contribution in [3.05, 3.63) is 65.5 Å². The Kier molecular flexibility index (Phi) is 5.78. The number of aryl methyl sites for hydroxylation is 1. The molecular formula is C18H18FN3O2. The standard InChI is InChI=1S/C18H18FN3O2/c1-12-5-3-6-14(9-12)18(24)22-21-13(2)10-17(23)20-16-8-4-7-15(19)11-16/h3-9,11H,10H2,1-2H3,(H,20,23)(H,22,24)/b21-13+. The fourth-order valence-electron chi connectivity index (χ4n) is 2.04. The summed E-state index contributed by atoms with van der Waals surface area (Å²) in [6.07, 6.45) is -0.00931. The molecule has 124 valence electrons. The molecule has 2 aromatic carbocycles. The van der Waals surface area contributed by atoms with Crippen LogP contribution in [-0.2, 0) is 4.79 Å². The molecule has 0 radical (unpaired) electrons. The molecule has 6 heteroatoms. The van der Waals surface area contributed by atoms with E-state index in [0.717, 1.165) is 5.56 Å². The quantitative estimate of drug-likeness (QED) is 0.653. The Morgan fingerprint density at radius 2 is 1.88 bits per heavy atom. The normalized spacial score (nSPS) is 11.0. The molecule has 0 saturated heterocycles. The molecule has 0 aliphatic carbocycles. The van der Waals surface area contributed by atoms with Gasteiger partial charge in [-0.05, 0) is 44.2 Å². The minimum atomic E-state index is -0.427. The Hall–Kier alpha value is -3.02. The fourth-order valence-corrected chi connectivity index (χ4v) is 2.04. The van der Waals surface area contributed by atoms with Crippen LogP contribution in [0.25, 0.3) is 0 Å². The predicted octanol–water partition coefficient (Wildman–Crippen LogP) is 3.27. The summed E-state index contributed by atoms with van der Waals surface area (Å²) in [5.41, 5.74) is 4.69. The Labute approximate surface area is 139 Å². The Bertz CT molecular complexity index is 787. The van der Waals surface area contributed by atoms with Crippen LogP contribution in [0.15, 0.2) is 53.6 Å². The smallest absolute Gasteiger partial charge is 0.271 e. The van der Waals surface area contributed by atoms with Crippen LogP contribution in [0, 0.1) is 12.7 Å². The van der Waals surface area contributed by atoms with Gasteiger partial charge in [0.15, 0.2) is 0 Å². The molecule has 24 heavy (non-hydrogen) atoms. The maximum absolute atomic E-state index is 13.1. The van der Waals surface area contributed by atoms with Crippen LogP contribution >= 0.6 is 0 Å². The van der Waals surface area contributed by atoms with Gasteiger partial charge in [-0.3, -0.25) is 9.59 Å². The van der Waals surface area contributed by atoms with Gasteiger partial charge in [0.05, 0.1) is 6.42 Å². The summed E-state index contributed by atoms with van der Waals surface area (Å²) in [5.74, 6) is -1.11. The Balaban J connectivity index is 1.89. The van der Waals surface area contributed by atoms with Crippen molar-refractivity contribution in [2.75, 3.05) is 5.32 Å². The van der Waals surface area contributed by atoms with E-state index in [4.69, 9.17) is 0 Å². The van der Waals surface area contributed by atoms with Crippen molar-refractivity contribution in [3.8, 4) is 0 Å². The van der Waals surface area contributed by atoms with E-state index in [2.05, 4.69) is 15.8 Å². The fraction of sp³-hybridized carbons (Fsp3) is 0.167. The highest BCUT2D eigenvalue weighted by Gasteiger charge is 2.07. The second kappa shape index (κ2) is 8.01. The molecule has 0 aliphatic heterocycles. The number of hydrogen-bond acceptors (Lipinski definition) is 3. The first-order valence-electron chi connectivity index (χ1n) is 7.39. The number of amides is 2. The molecule has 2 N–H and O–H groups in total. The van der Waals surface area contributed by atoms with E-state index < -0.39 is 5.82 Å². The predicted molar refractivity (Wildman–Crippen MR) is 91.4 cm³/mol. The minimum Gasteiger partial charge on any atom is -0.326 e. The molecule has 2 amide bonds. The summed E-state index contributed by atoms with van der Waals surface area (Å²) in [4.78, 5) is 23.8. The molecular weight excluding hydrogens is 309 g/mol. The Morgan fingerprint density at radius 3 is 2.58 bits per heavy atom. The minimum absolute atomic E-state index is 0.00931. The van der Waals surface area contributed by atoms with E-state index in [1.807, 2.05) is 13.0 Å². The average Bonchev–Trinajstić information content (AvgIpc) is 2.52. The number of carbonyl (C=O) groups excluding carboxylic acids is 2. The van der Waals surface area contributed by atoms with Gasteiger partial charge in [-0.25, -0.2) is 9.82 Å². The zero-order valence-electron chi connectivity index (χ0n) is 13.5. The summed E-state index contributed by atoms with van der Waals surface area (Å²) < 4.78 is 13.1. The highest BCUT2D eigenvalue weighted by atomic mass is 19.1. The lowest BCUT2D eigenvalue weighted by atomic mass is 10.1. The first-order chi connectivity index (χ1) is 11.4. The molecule has 5 nitrogen and oxygen atoms in total. The van der Waals surface area contributed by atoms with Crippen molar-refractivity contribution < 1.29 is 14.0 Å².